The van der Waals surface area contributed by atoms with E-state index in [2.05, 4.69) is 20.3 Å². The van der Waals surface area contributed by atoms with Gasteiger partial charge in [0.1, 0.15) is 4.38 Å². The molecule has 1 amide bonds. The molecule has 1 unspecified atom stereocenters. The summed E-state index contributed by atoms with van der Waals surface area (Å²) < 4.78 is 0.920. The maximum atomic E-state index is 10.8. The van der Waals surface area contributed by atoms with Gasteiger partial charge in [-0.25, -0.2) is 4.79 Å². The maximum absolute atomic E-state index is 10.8. The van der Waals surface area contributed by atoms with Gasteiger partial charge in [-0.15, -0.1) is 0 Å². The van der Waals surface area contributed by atoms with Gasteiger partial charge in [0, 0.05) is 19.3 Å². The van der Waals surface area contributed by atoms with Crippen molar-refractivity contribution >= 4 is 40.2 Å². The number of amides is 1. The second-order valence-corrected chi connectivity index (χ2v) is 6.05. The van der Waals surface area contributed by atoms with Crippen molar-refractivity contribution in [1.29, 1.82) is 0 Å². The molecule has 1 rings (SSSR count). The third kappa shape index (κ3) is 4.05. The van der Waals surface area contributed by atoms with Crippen LogP contribution >= 0.6 is 23.5 Å². The van der Waals surface area contributed by atoms with Crippen LogP contribution in [0.5, 0.6) is 0 Å². The highest BCUT2D eigenvalue weighted by molar-refractivity contribution is 8.42. The van der Waals surface area contributed by atoms with Gasteiger partial charge in [0.05, 0.1) is 11.0 Å². The zero-order valence-corrected chi connectivity index (χ0v) is 11.2. The third-order valence-corrected chi connectivity index (χ3v) is 4.68. The number of aliphatic imine (C=N–C) groups is 1. The van der Waals surface area contributed by atoms with Gasteiger partial charge in [-0.05, 0) is 13.8 Å². The van der Waals surface area contributed by atoms with E-state index in [-0.39, 0.29) is 4.75 Å². The molecule has 1 aliphatic rings. The van der Waals surface area contributed by atoms with E-state index in [1.807, 2.05) is 13.8 Å². The van der Waals surface area contributed by atoms with Crippen LogP contribution in [0.15, 0.2) is 10.1 Å². The van der Waals surface area contributed by atoms with E-state index >= 15 is 0 Å². The minimum Gasteiger partial charge on any atom is -0.323 e. The molecule has 5 nitrogen and oxygen atoms in total. The van der Waals surface area contributed by atoms with Crippen LogP contribution in [0.25, 0.3) is 0 Å². The van der Waals surface area contributed by atoms with Crippen LogP contribution in [0.2, 0.25) is 0 Å². The first-order valence-electron chi connectivity index (χ1n) is 4.89. The summed E-state index contributed by atoms with van der Waals surface area (Å²) in [6.07, 6.45) is 1.09. The highest BCUT2D eigenvalue weighted by atomic mass is 32.2. The fourth-order valence-electron chi connectivity index (χ4n) is 0.965. The van der Waals surface area contributed by atoms with E-state index in [1.165, 1.54) is 7.05 Å². The first-order chi connectivity index (χ1) is 7.59. The molecule has 90 valence electrons. The Morgan fingerprint density at radius 1 is 1.75 bits per heavy atom. The summed E-state index contributed by atoms with van der Waals surface area (Å²) in [6.45, 7) is 4.84. The standard InChI is InChI=1S/C9H15N3O2S2/c1-4-11-8-15-6-9(2,16-8)5-12-14-7(13)10-3/h5H,4,6H2,1-3H3,(H,10,13)/b11-8?,12-5+. The van der Waals surface area contributed by atoms with Crippen LogP contribution in [0.3, 0.4) is 0 Å². The number of thioether (sulfide) groups is 2. The Balaban J connectivity index is 2.48. The number of oxime groups is 1. The molecule has 0 aromatic heterocycles. The van der Waals surface area contributed by atoms with Crippen LogP contribution in [-0.2, 0) is 4.84 Å². The average Bonchev–Trinajstić information content (AvgIpc) is 2.61. The van der Waals surface area contributed by atoms with Crippen LogP contribution in [0.1, 0.15) is 13.8 Å². The highest BCUT2D eigenvalue weighted by Crippen LogP contribution is 2.40. The van der Waals surface area contributed by atoms with Gasteiger partial charge in [-0.3, -0.25) is 9.83 Å². The Kier molecular flexibility index (Phi) is 5.14. The summed E-state index contributed by atoms with van der Waals surface area (Å²) >= 11 is 3.35. The molecule has 1 atom stereocenters. The minimum absolute atomic E-state index is 0.146. The van der Waals surface area contributed by atoms with E-state index in [0.29, 0.717) is 0 Å². The van der Waals surface area contributed by atoms with E-state index in [1.54, 1.807) is 29.7 Å². The Bertz CT molecular complexity index is 320. The van der Waals surface area contributed by atoms with Gasteiger partial charge in [0.2, 0.25) is 0 Å². The molecule has 1 aliphatic heterocycles. The molecule has 1 N–H and O–H groups in total. The van der Waals surface area contributed by atoms with Crippen LogP contribution in [-0.4, -0.2) is 40.8 Å². The van der Waals surface area contributed by atoms with Gasteiger partial charge in [0.15, 0.2) is 0 Å². The quantitative estimate of drug-likeness (QED) is 0.479. The van der Waals surface area contributed by atoms with Gasteiger partial charge in [-0.1, -0.05) is 28.7 Å². The third-order valence-electron chi connectivity index (χ3n) is 1.76. The number of hydrogen-bond donors (Lipinski definition) is 1. The molecule has 0 aromatic carbocycles. The van der Waals surface area contributed by atoms with Crippen LogP contribution in [0.4, 0.5) is 4.79 Å². The summed E-state index contributed by atoms with van der Waals surface area (Å²) in [5.74, 6) is 0.886. The number of carbonyl (C=O) groups is 1. The summed E-state index contributed by atoms with van der Waals surface area (Å²) in [6, 6.07) is 0. The molecule has 16 heavy (non-hydrogen) atoms. The molecule has 0 aromatic rings. The average molecular weight is 261 g/mol. The predicted molar refractivity (Wildman–Crippen MR) is 70.5 cm³/mol. The Labute approximate surface area is 103 Å². The molecule has 0 saturated carbocycles. The maximum Gasteiger partial charge on any atom is 0.433 e. The molecule has 1 fully saturated rings. The number of hydrogen-bond acceptors (Lipinski definition) is 6. The van der Waals surface area contributed by atoms with Gasteiger partial charge in [-0.2, -0.15) is 0 Å². The Hall–Kier alpha value is -0.690. The lowest BCUT2D eigenvalue weighted by atomic mass is 10.2. The predicted octanol–water partition coefficient (Wildman–Crippen LogP) is 1.94. The van der Waals surface area contributed by atoms with Gasteiger partial charge >= 0.3 is 6.09 Å². The normalized spacial score (nSPS) is 27.6. The largest absolute Gasteiger partial charge is 0.433 e. The first kappa shape index (κ1) is 13.4. The second kappa shape index (κ2) is 6.15. The lowest BCUT2D eigenvalue weighted by Crippen LogP contribution is -2.23. The van der Waals surface area contributed by atoms with Crippen molar-refractivity contribution in [1.82, 2.24) is 5.32 Å². The molecule has 1 saturated heterocycles. The molecule has 0 radical (unpaired) electrons. The van der Waals surface area contributed by atoms with Crippen LogP contribution in [0, 0.1) is 0 Å². The van der Waals surface area contributed by atoms with E-state index in [9.17, 15) is 4.79 Å². The van der Waals surface area contributed by atoms with Crippen LogP contribution < -0.4 is 5.32 Å². The van der Waals surface area contributed by atoms with Crippen molar-refractivity contribution < 1.29 is 9.63 Å². The summed E-state index contributed by atoms with van der Waals surface area (Å²) in [5, 5.41) is 5.99. The fraction of sp³-hybridized carbons (Fsp3) is 0.667. The number of rotatable bonds is 3. The SMILES string of the molecule is CCN=C1SCC(C)(/C=N/OC(=O)NC)S1. The monoisotopic (exact) mass is 261 g/mol. The van der Waals surface area contributed by atoms with Crippen molar-refractivity contribution in [3.63, 3.8) is 0 Å². The second-order valence-electron chi connectivity index (χ2n) is 3.31. The van der Waals surface area contributed by atoms with E-state index in [0.717, 1.165) is 16.7 Å². The summed E-state index contributed by atoms with van der Waals surface area (Å²) in [7, 11) is 1.49. The zero-order valence-electron chi connectivity index (χ0n) is 9.52. The molecule has 0 aliphatic carbocycles. The van der Waals surface area contributed by atoms with Crippen molar-refractivity contribution in [3.05, 3.63) is 0 Å². The molecule has 0 spiro atoms. The van der Waals surface area contributed by atoms with Gasteiger partial charge in [0.25, 0.3) is 0 Å². The van der Waals surface area contributed by atoms with Crippen molar-refractivity contribution in [2.75, 3.05) is 19.3 Å². The van der Waals surface area contributed by atoms with E-state index < -0.39 is 6.09 Å². The number of carbonyl (C=O) groups excluding carboxylic acids is 1. The smallest absolute Gasteiger partial charge is 0.323 e. The van der Waals surface area contributed by atoms with Crippen molar-refractivity contribution in [3.8, 4) is 0 Å². The Morgan fingerprint density at radius 2 is 2.50 bits per heavy atom. The fourth-order valence-corrected chi connectivity index (χ4v) is 3.75. The lowest BCUT2D eigenvalue weighted by molar-refractivity contribution is 0.153. The highest BCUT2D eigenvalue weighted by Gasteiger charge is 2.33. The lowest BCUT2D eigenvalue weighted by Gasteiger charge is -2.12. The zero-order chi connectivity index (χ0) is 12.0. The van der Waals surface area contributed by atoms with Crippen molar-refractivity contribution in [2.45, 2.75) is 18.6 Å². The summed E-state index contributed by atoms with van der Waals surface area (Å²) in [4.78, 5) is 19.7. The topological polar surface area (TPSA) is 63.1 Å². The molecule has 0 bridgehead atoms. The molecule has 7 heteroatoms. The van der Waals surface area contributed by atoms with E-state index in [4.69, 9.17) is 0 Å². The number of nitrogens with one attached hydrogen (secondary N) is 1. The first-order valence-corrected chi connectivity index (χ1v) is 6.69. The number of nitrogens with zero attached hydrogens (tertiary/aromatic N) is 2. The molecular weight excluding hydrogens is 246 g/mol. The summed E-state index contributed by atoms with van der Waals surface area (Å²) in [5.41, 5.74) is 0. The molecular formula is C9H15N3O2S2. The molecule has 1 heterocycles. The van der Waals surface area contributed by atoms with Gasteiger partial charge < -0.3 is 5.32 Å². The Morgan fingerprint density at radius 3 is 3.12 bits per heavy atom. The van der Waals surface area contributed by atoms with Crippen molar-refractivity contribution in [2.24, 2.45) is 10.1 Å². The minimum atomic E-state index is -0.557.